The second-order valence-electron chi connectivity index (χ2n) is 4.18. The number of hydrogen-bond acceptors (Lipinski definition) is 3. The molecule has 80 valence electrons. The molecule has 0 saturated carbocycles. The van der Waals surface area contributed by atoms with Gasteiger partial charge in [0.1, 0.15) is 7.85 Å². The molecule has 2 aromatic heterocycles. The van der Waals surface area contributed by atoms with Crippen LogP contribution in [0.3, 0.4) is 0 Å². The molecular weight excluding hydrogens is 199 g/mol. The molecule has 0 atom stereocenters. The van der Waals surface area contributed by atoms with Crippen LogP contribution in [0.15, 0.2) is 18.6 Å². The Bertz CT molecular complexity index is 502. The molecule has 16 heavy (non-hydrogen) atoms. The number of rotatable bonds is 1. The lowest BCUT2D eigenvalue weighted by Gasteiger charge is -2.27. The number of piperidine rings is 1. The van der Waals surface area contributed by atoms with E-state index >= 15 is 0 Å². The Kier molecular flexibility index (Phi) is 2.31. The molecule has 3 rings (SSSR count). The van der Waals surface area contributed by atoms with E-state index in [1.807, 2.05) is 10.6 Å². The van der Waals surface area contributed by atoms with Gasteiger partial charge in [0, 0.05) is 31.7 Å². The molecule has 0 N–H and O–H groups in total. The van der Waals surface area contributed by atoms with E-state index in [2.05, 4.69) is 14.9 Å². The van der Waals surface area contributed by atoms with Crippen molar-refractivity contribution >= 4 is 24.9 Å². The Morgan fingerprint density at radius 1 is 1.12 bits per heavy atom. The van der Waals surface area contributed by atoms with Crippen molar-refractivity contribution in [3.63, 3.8) is 0 Å². The van der Waals surface area contributed by atoms with Gasteiger partial charge in [-0.05, 0) is 24.9 Å². The largest absolute Gasteiger partial charge is 0.354 e. The third kappa shape index (κ3) is 1.47. The maximum atomic E-state index is 5.83. The second kappa shape index (κ2) is 3.81. The summed E-state index contributed by atoms with van der Waals surface area (Å²) in [6.07, 6.45) is 9.11. The normalized spacial score (nSPS) is 16.9. The van der Waals surface area contributed by atoms with Crippen LogP contribution in [-0.4, -0.2) is 35.3 Å². The highest BCUT2D eigenvalue weighted by Crippen LogP contribution is 2.20. The molecule has 0 spiro atoms. The van der Waals surface area contributed by atoms with Gasteiger partial charge in [0.25, 0.3) is 0 Å². The number of imidazole rings is 1. The predicted octanol–water partition coefficient (Wildman–Crippen LogP) is 0.513. The Labute approximate surface area is 95.7 Å². The minimum Gasteiger partial charge on any atom is -0.354 e. The van der Waals surface area contributed by atoms with Gasteiger partial charge in [-0.1, -0.05) is 0 Å². The van der Waals surface area contributed by atoms with Crippen molar-refractivity contribution in [2.45, 2.75) is 19.3 Å². The average Bonchev–Trinajstić information content (AvgIpc) is 2.73. The highest BCUT2D eigenvalue weighted by atomic mass is 15.2. The fourth-order valence-electron chi connectivity index (χ4n) is 2.25. The first-order valence-corrected chi connectivity index (χ1v) is 5.69. The van der Waals surface area contributed by atoms with Crippen LogP contribution < -0.4 is 10.5 Å². The van der Waals surface area contributed by atoms with Crippen molar-refractivity contribution in [1.29, 1.82) is 0 Å². The van der Waals surface area contributed by atoms with E-state index in [4.69, 9.17) is 7.85 Å². The predicted molar refractivity (Wildman–Crippen MR) is 64.4 cm³/mol. The molecule has 0 unspecified atom stereocenters. The lowest BCUT2D eigenvalue weighted by molar-refractivity contribution is 0.574. The molecule has 3 heterocycles. The summed E-state index contributed by atoms with van der Waals surface area (Å²) >= 11 is 0. The standard InChI is InChI=1S/C11H13BN4/c12-9-8-14-11-10(13-4-7-16(9)11)15-5-2-1-3-6-15/h4,7-8H,1-3,5-6H2. The third-order valence-electron chi connectivity index (χ3n) is 3.09. The quantitative estimate of drug-likeness (QED) is 0.646. The Hall–Kier alpha value is -1.52. The van der Waals surface area contributed by atoms with E-state index in [-0.39, 0.29) is 0 Å². The highest BCUT2D eigenvalue weighted by Gasteiger charge is 2.16. The molecule has 2 radical (unpaired) electrons. The van der Waals surface area contributed by atoms with E-state index in [1.54, 1.807) is 12.4 Å². The summed E-state index contributed by atoms with van der Waals surface area (Å²) < 4.78 is 1.89. The van der Waals surface area contributed by atoms with Crippen LogP contribution in [0, 0.1) is 0 Å². The van der Waals surface area contributed by atoms with Crippen molar-refractivity contribution < 1.29 is 0 Å². The van der Waals surface area contributed by atoms with Gasteiger partial charge < -0.3 is 9.30 Å². The fraction of sp³-hybridized carbons (Fsp3) is 0.455. The Balaban J connectivity index is 2.08. The first-order chi connectivity index (χ1) is 7.86. The maximum Gasteiger partial charge on any atom is 0.179 e. The molecule has 1 saturated heterocycles. The van der Waals surface area contributed by atoms with Gasteiger partial charge in [-0.2, -0.15) is 0 Å². The number of aromatic nitrogens is 3. The molecule has 5 heteroatoms. The van der Waals surface area contributed by atoms with E-state index in [0.717, 1.165) is 24.6 Å². The molecule has 1 aliphatic heterocycles. The summed E-state index contributed by atoms with van der Waals surface area (Å²) in [5.74, 6) is 0.957. The minimum absolute atomic E-state index is 0.663. The first kappa shape index (κ1) is 9.69. The van der Waals surface area contributed by atoms with Crippen molar-refractivity contribution in [3.05, 3.63) is 18.6 Å². The van der Waals surface area contributed by atoms with Crippen LogP contribution in [0.4, 0.5) is 5.82 Å². The Morgan fingerprint density at radius 2 is 1.94 bits per heavy atom. The zero-order chi connectivity index (χ0) is 11.0. The number of hydrogen-bond donors (Lipinski definition) is 0. The third-order valence-corrected chi connectivity index (χ3v) is 3.09. The van der Waals surface area contributed by atoms with E-state index in [1.165, 1.54) is 19.3 Å². The lowest BCUT2D eigenvalue weighted by atomic mass is 10.1. The van der Waals surface area contributed by atoms with Crippen molar-refractivity contribution in [2.75, 3.05) is 18.0 Å². The second-order valence-corrected chi connectivity index (χ2v) is 4.18. The van der Waals surface area contributed by atoms with Crippen LogP contribution in [0.2, 0.25) is 0 Å². The first-order valence-electron chi connectivity index (χ1n) is 5.69. The van der Waals surface area contributed by atoms with E-state index in [9.17, 15) is 0 Å². The summed E-state index contributed by atoms with van der Waals surface area (Å²) in [5, 5.41) is 0. The van der Waals surface area contributed by atoms with Gasteiger partial charge in [0.15, 0.2) is 11.5 Å². The van der Waals surface area contributed by atoms with Crippen LogP contribution >= 0.6 is 0 Å². The molecule has 1 aliphatic rings. The zero-order valence-corrected chi connectivity index (χ0v) is 9.13. The van der Waals surface area contributed by atoms with Crippen LogP contribution in [0.1, 0.15) is 19.3 Å². The highest BCUT2D eigenvalue weighted by molar-refractivity contribution is 6.31. The number of anilines is 1. The summed E-state index contributed by atoms with van der Waals surface area (Å²) in [6, 6.07) is 0. The maximum absolute atomic E-state index is 5.83. The van der Waals surface area contributed by atoms with Crippen molar-refractivity contribution in [3.8, 4) is 0 Å². The van der Waals surface area contributed by atoms with Crippen LogP contribution in [-0.2, 0) is 0 Å². The van der Waals surface area contributed by atoms with Crippen LogP contribution in [0.5, 0.6) is 0 Å². The molecule has 0 amide bonds. The topological polar surface area (TPSA) is 33.4 Å². The number of nitrogens with zero attached hydrogens (tertiary/aromatic N) is 4. The van der Waals surface area contributed by atoms with Crippen molar-refractivity contribution in [2.24, 2.45) is 0 Å². The molecular formula is C11H13BN4. The molecule has 4 nitrogen and oxygen atoms in total. The van der Waals surface area contributed by atoms with Gasteiger partial charge in [-0.3, -0.25) is 0 Å². The zero-order valence-electron chi connectivity index (χ0n) is 9.13. The summed E-state index contributed by atoms with van der Waals surface area (Å²) in [4.78, 5) is 11.1. The average molecular weight is 212 g/mol. The van der Waals surface area contributed by atoms with Gasteiger partial charge in [0.05, 0.1) is 0 Å². The summed E-state index contributed by atoms with van der Waals surface area (Å²) in [5.41, 5.74) is 1.53. The monoisotopic (exact) mass is 212 g/mol. The lowest BCUT2D eigenvalue weighted by Crippen LogP contribution is -2.30. The van der Waals surface area contributed by atoms with E-state index in [0.29, 0.717) is 5.59 Å². The minimum atomic E-state index is 0.663. The smallest absolute Gasteiger partial charge is 0.179 e. The summed E-state index contributed by atoms with van der Waals surface area (Å²) in [6.45, 7) is 2.14. The Morgan fingerprint density at radius 3 is 2.75 bits per heavy atom. The van der Waals surface area contributed by atoms with Gasteiger partial charge >= 0.3 is 0 Å². The van der Waals surface area contributed by atoms with Gasteiger partial charge in [-0.25, -0.2) is 9.97 Å². The number of fused-ring (bicyclic) bond motifs is 1. The molecule has 2 aromatic rings. The molecule has 0 aromatic carbocycles. The van der Waals surface area contributed by atoms with Crippen molar-refractivity contribution in [1.82, 2.24) is 14.4 Å². The SMILES string of the molecule is [B]c1cnc2c(N3CCCCC3)nccn12. The fourth-order valence-corrected chi connectivity index (χ4v) is 2.25. The van der Waals surface area contributed by atoms with Crippen LogP contribution in [0.25, 0.3) is 5.65 Å². The van der Waals surface area contributed by atoms with E-state index < -0.39 is 0 Å². The van der Waals surface area contributed by atoms with Gasteiger partial charge in [-0.15, -0.1) is 0 Å². The molecule has 1 fully saturated rings. The molecule has 0 bridgehead atoms. The molecule has 0 aliphatic carbocycles. The van der Waals surface area contributed by atoms with Gasteiger partial charge in [0.2, 0.25) is 0 Å². The summed E-state index contributed by atoms with van der Waals surface area (Å²) in [7, 11) is 5.83.